The van der Waals surface area contributed by atoms with E-state index < -0.39 is 6.04 Å². The Bertz CT molecular complexity index is 405. The van der Waals surface area contributed by atoms with E-state index in [2.05, 4.69) is 0 Å². The molecule has 2 rings (SSSR count). The van der Waals surface area contributed by atoms with Crippen molar-refractivity contribution in [3.8, 4) is 11.5 Å². The van der Waals surface area contributed by atoms with Crippen molar-refractivity contribution < 1.29 is 14.4 Å². The Labute approximate surface area is 93.1 Å². The normalized spacial score (nSPS) is 14.8. The highest BCUT2D eigenvalue weighted by molar-refractivity contribution is 5.45. The number of hydrogen-bond acceptors (Lipinski definition) is 4. The van der Waals surface area contributed by atoms with Crippen LogP contribution in [-0.2, 0) is 0 Å². The highest BCUT2D eigenvalue weighted by Gasteiger charge is 2.24. The van der Waals surface area contributed by atoms with Crippen LogP contribution in [0.4, 0.5) is 0 Å². The van der Waals surface area contributed by atoms with Crippen molar-refractivity contribution in [3.05, 3.63) is 33.9 Å². The molecule has 0 fully saturated rings. The van der Waals surface area contributed by atoms with Gasteiger partial charge in [-0.25, -0.2) is 0 Å². The summed E-state index contributed by atoms with van der Waals surface area (Å²) < 4.78 is 10.4. The standard InChI is InChI=1S/C11H13NO4/c1-2-3-9(12(13)14)8-4-5-10-11(6-8)16-7-15-10/h4-6,9H,2-3,7H2,1H3. The maximum absolute atomic E-state index is 10.9. The molecule has 0 spiro atoms. The smallest absolute Gasteiger partial charge is 0.238 e. The van der Waals surface area contributed by atoms with E-state index in [0.717, 1.165) is 6.42 Å². The number of ether oxygens (including phenoxy) is 2. The topological polar surface area (TPSA) is 61.6 Å². The first-order valence-electron chi connectivity index (χ1n) is 5.25. The van der Waals surface area contributed by atoms with Crippen LogP contribution in [0.1, 0.15) is 31.4 Å². The lowest BCUT2D eigenvalue weighted by molar-refractivity contribution is -0.530. The predicted molar refractivity (Wildman–Crippen MR) is 57.2 cm³/mol. The van der Waals surface area contributed by atoms with E-state index in [9.17, 15) is 10.1 Å². The molecule has 1 aliphatic rings. The molecule has 1 aliphatic heterocycles. The minimum absolute atomic E-state index is 0.190. The predicted octanol–water partition coefficient (Wildman–Crippen LogP) is 2.53. The van der Waals surface area contributed by atoms with Gasteiger partial charge < -0.3 is 9.47 Å². The monoisotopic (exact) mass is 223 g/mol. The van der Waals surface area contributed by atoms with Crippen LogP contribution in [0.3, 0.4) is 0 Å². The van der Waals surface area contributed by atoms with Gasteiger partial charge in [-0.1, -0.05) is 6.92 Å². The van der Waals surface area contributed by atoms with Crippen molar-refractivity contribution >= 4 is 0 Å². The molecular formula is C11H13NO4. The van der Waals surface area contributed by atoms with Gasteiger partial charge in [0.25, 0.3) is 0 Å². The van der Waals surface area contributed by atoms with Crippen molar-refractivity contribution in [1.82, 2.24) is 0 Å². The van der Waals surface area contributed by atoms with Crippen molar-refractivity contribution in [2.75, 3.05) is 6.79 Å². The summed E-state index contributed by atoms with van der Waals surface area (Å²) in [4.78, 5) is 10.7. The summed E-state index contributed by atoms with van der Waals surface area (Å²) in [7, 11) is 0. The maximum atomic E-state index is 10.9. The van der Waals surface area contributed by atoms with E-state index in [1.165, 1.54) is 0 Å². The molecule has 0 saturated carbocycles. The van der Waals surface area contributed by atoms with Crippen LogP contribution >= 0.6 is 0 Å². The summed E-state index contributed by atoms with van der Waals surface area (Å²) in [5.74, 6) is 1.25. The first-order chi connectivity index (χ1) is 7.72. The number of nitrogens with zero attached hydrogens (tertiary/aromatic N) is 1. The third-order valence-corrected chi connectivity index (χ3v) is 2.60. The lowest BCUT2D eigenvalue weighted by Crippen LogP contribution is -2.09. The highest BCUT2D eigenvalue weighted by atomic mass is 16.7. The second kappa shape index (κ2) is 4.38. The molecule has 86 valence electrons. The molecular weight excluding hydrogens is 210 g/mol. The molecule has 0 radical (unpaired) electrons. The van der Waals surface area contributed by atoms with Gasteiger partial charge in [-0.15, -0.1) is 0 Å². The van der Waals surface area contributed by atoms with Gasteiger partial charge in [0.2, 0.25) is 12.8 Å². The minimum Gasteiger partial charge on any atom is -0.454 e. The molecule has 5 nitrogen and oxygen atoms in total. The van der Waals surface area contributed by atoms with Crippen LogP contribution in [0.25, 0.3) is 0 Å². The Morgan fingerprint density at radius 1 is 1.44 bits per heavy atom. The molecule has 0 saturated heterocycles. The zero-order chi connectivity index (χ0) is 11.5. The van der Waals surface area contributed by atoms with E-state index in [-0.39, 0.29) is 11.7 Å². The van der Waals surface area contributed by atoms with Crippen LogP contribution < -0.4 is 9.47 Å². The van der Waals surface area contributed by atoms with Gasteiger partial charge in [-0.3, -0.25) is 10.1 Å². The molecule has 5 heteroatoms. The molecule has 0 aromatic heterocycles. The first kappa shape index (κ1) is 10.7. The SMILES string of the molecule is CCCC(c1ccc2c(c1)OCO2)[N+](=O)[O-]. The van der Waals surface area contributed by atoms with Gasteiger partial charge in [0.1, 0.15) is 0 Å². The third kappa shape index (κ3) is 1.93. The largest absolute Gasteiger partial charge is 0.454 e. The molecule has 1 unspecified atom stereocenters. The molecule has 1 aromatic rings. The molecule has 16 heavy (non-hydrogen) atoms. The average Bonchev–Trinajstić information content (AvgIpc) is 2.72. The summed E-state index contributed by atoms with van der Waals surface area (Å²) in [5.41, 5.74) is 0.677. The molecule has 1 atom stereocenters. The Hall–Kier alpha value is -1.78. The van der Waals surface area contributed by atoms with Crippen molar-refractivity contribution in [2.24, 2.45) is 0 Å². The van der Waals surface area contributed by atoms with Gasteiger partial charge in [-0.05, 0) is 24.6 Å². The lowest BCUT2D eigenvalue weighted by Gasteiger charge is -2.08. The Balaban J connectivity index is 2.28. The first-order valence-corrected chi connectivity index (χ1v) is 5.25. The second-order valence-corrected chi connectivity index (χ2v) is 3.70. The molecule has 0 amide bonds. The van der Waals surface area contributed by atoms with Gasteiger partial charge in [0.15, 0.2) is 11.5 Å². The zero-order valence-electron chi connectivity index (χ0n) is 9.01. The number of fused-ring (bicyclic) bond motifs is 1. The summed E-state index contributed by atoms with van der Waals surface area (Å²) in [5, 5.41) is 10.9. The minimum atomic E-state index is -0.653. The fourth-order valence-electron chi connectivity index (χ4n) is 1.79. The van der Waals surface area contributed by atoms with Crippen LogP contribution in [0.15, 0.2) is 18.2 Å². The highest BCUT2D eigenvalue weighted by Crippen LogP contribution is 2.35. The van der Waals surface area contributed by atoms with Crippen LogP contribution in [0.5, 0.6) is 11.5 Å². The van der Waals surface area contributed by atoms with E-state index in [0.29, 0.717) is 23.5 Å². The van der Waals surface area contributed by atoms with E-state index >= 15 is 0 Å². The van der Waals surface area contributed by atoms with Gasteiger partial charge in [-0.2, -0.15) is 0 Å². The van der Waals surface area contributed by atoms with Gasteiger partial charge in [0.05, 0.1) is 0 Å². The van der Waals surface area contributed by atoms with Crippen molar-refractivity contribution in [2.45, 2.75) is 25.8 Å². The third-order valence-electron chi connectivity index (χ3n) is 2.60. The van der Waals surface area contributed by atoms with Crippen LogP contribution in [0.2, 0.25) is 0 Å². The number of hydrogen-bond donors (Lipinski definition) is 0. The van der Waals surface area contributed by atoms with E-state index in [1.807, 2.05) is 6.92 Å². The average molecular weight is 223 g/mol. The number of nitro groups is 1. The quantitative estimate of drug-likeness (QED) is 0.581. The zero-order valence-corrected chi connectivity index (χ0v) is 9.01. The lowest BCUT2D eigenvalue weighted by atomic mass is 10.0. The number of benzene rings is 1. The summed E-state index contributed by atoms with van der Waals surface area (Å²) in [6.45, 7) is 2.12. The summed E-state index contributed by atoms with van der Waals surface area (Å²) in [6.07, 6.45) is 1.31. The van der Waals surface area contributed by atoms with Gasteiger partial charge in [0, 0.05) is 16.9 Å². The van der Waals surface area contributed by atoms with Gasteiger partial charge >= 0.3 is 0 Å². The van der Waals surface area contributed by atoms with Crippen molar-refractivity contribution in [3.63, 3.8) is 0 Å². The molecule has 0 aliphatic carbocycles. The second-order valence-electron chi connectivity index (χ2n) is 3.70. The molecule has 0 bridgehead atoms. The molecule has 0 N–H and O–H groups in total. The molecule has 1 aromatic carbocycles. The van der Waals surface area contributed by atoms with Crippen LogP contribution in [0, 0.1) is 10.1 Å². The van der Waals surface area contributed by atoms with Crippen molar-refractivity contribution in [1.29, 1.82) is 0 Å². The fraction of sp³-hybridized carbons (Fsp3) is 0.455. The summed E-state index contributed by atoms with van der Waals surface area (Å²) in [6, 6.07) is 4.51. The fourth-order valence-corrected chi connectivity index (χ4v) is 1.79. The Morgan fingerprint density at radius 3 is 2.88 bits per heavy atom. The van der Waals surface area contributed by atoms with Crippen LogP contribution in [-0.4, -0.2) is 11.7 Å². The number of rotatable bonds is 4. The summed E-state index contributed by atoms with van der Waals surface area (Å²) >= 11 is 0. The molecule has 1 heterocycles. The van der Waals surface area contributed by atoms with E-state index in [4.69, 9.17) is 9.47 Å². The Kier molecular flexibility index (Phi) is 2.94. The Morgan fingerprint density at radius 2 is 2.19 bits per heavy atom. The van der Waals surface area contributed by atoms with E-state index in [1.54, 1.807) is 18.2 Å². The maximum Gasteiger partial charge on any atom is 0.238 e.